The van der Waals surface area contributed by atoms with Gasteiger partial charge >= 0.3 is 0 Å². The van der Waals surface area contributed by atoms with Gasteiger partial charge in [0.2, 0.25) is 0 Å². The molecule has 0 aliphatic carbocycles. The fourth-order valence-corrected chi connectivity index (χ4v) is 2.05. The molecule has 0 atom stereocenters. The summed E-state index contributed by atoms with van der Waals surface area (Å²) in [5.74, 6) is 0. The summed E-state index contributed by atoms with van der Waals surface area (Å²) in [7, 11) is 0. The molecule has 3 aromatic carbocycles. The molecule has 3 nitrogen and oxygen atoms in total. The average molecular weight is 291 g/mol. The van der Waals surface area contributed by atoms with Gasteiger partial charge in [0.1, 0.15) is 5.66 Å². The molecule has 22 heavy (non-hydrogen) atoms. The van der Waals surface area contributed by atoms with Crippen molar-refractivity contribution in [1.82, 2.24) is 0 Å². The summed E-state index contributed by atoms with van der Waals surface area (Å²) in [6.45, 7) is 0. The van der Waals surface area contributed by atoms with Crippen LogP contribution in [0.1, 0.15) is 11.1 Å². The van der Waals surface area contributed by atoms with Crippen molar-refractivity contribution >= 4 is 5.69 Å². The van der Waals surface area contributed by atoms with Crippen LogP contribution in [0.15, 0.2) is 91.0 Å². The Labute approximate surface area is 131 Å². The highest BCUT2D eigenvalue weighted by Gasteiger charge is 2.23. The highest BCUT2D eigenvalue weighted by atomic mass is 15.0. The van der Waals surface area contributed by atoms with Gasteiger partial charge in [-0.3, -0.25) is 0 Å². The molecule has 3 heteroatoms. The fraction of sp³-hybridized carbons (Fsp3) is 0.0526. The average Bonchev–Trinajstić information content (AvgIpc) is 2.58. The van der Waals surface area contributed by atoms with Gasteiger partial charge in [-0.1, -0.05) is 78.9 Å². The number of benzene rings is 3. The predicted molar refractivity (Wildman–Crippen MR) is 92.9 cm³/mol. The number of para-hydroxylation sites is 1. The third-order valence-corrected chi connectivity index (χ3v) is 3.30. The topological polar surface area (TPSA) is 78.1 Å². The van der Waals surface area contributed by atoms with Crippen molar-refractivity contribution in [1.29, 1.82) is 0 Å². The molecule has 0 radical (unpaired) electrons. The Hall–Kier alpha value is -2.62. The van der Waals surface area contributed by atoms with Gasteiger partial charge in [0.05, 0.1) is 0 Å². The molecule has 0 unspecified atom stereocenters. The van der Waals surface area contributed by atoms with E-state index in [0.717, 1.165) is 16.8 Å². The second kappa shape index (κ2) is 7.41. The summed E-state index contributed by atoms with van der Waals surface area (Å²) < 4.78 is 0. The van der Waals surface area contributed by atoms with Crippen LogP contribution in [0.4, 0.5) is 5.69 Å². The van der Waals surface area contributed by atoms with Crippen LogP contribution in [0.3, 0.4) is 0 Å². The van der Waals surface area contributed by atoms with Crippen molar-refractivity contribution in [2.24, 2.45) is 11.5 Å². The third-order valence-electron chi connectivity index (χ3n) is 3.30. The summed E-state index contributed by atoms with van der Waals surface area (Å²) >= 11 is 0. The minimum Gasteiger partial charge on any atom is -0.399 e. The molecule has 0 aliphatic heterocycles. The molecule has 3 rings (SSSR count). The predicted octanol–water partition coefficient (Wildman–Crippen LogP) is 3.07. The van der Waals surface area contributed by atoms with Crippen molar-refractivity contribution in [3.05, 3.63) is 102 Å². The zero-order valence-electron chi connectivity index (χ0n) is 12.4. The molecule has 0 fully saturated rings. The van der Waals surface area contributed by atoms with Gasteiger partial charge in [0.15, 0.2) is 0 Å². The van der Waals surface area contributed by atoms with Gasteiger partial charge in [0, 0.05) is 5.69 Å². The Kier molecular flexibility index (Phi) is 5.31. The highest BCUT2D eigenvalue weighted by Crippen LogP contribution is 2.20. The molecule has 112 valence electrons. The second-order valence-corrected chi connectivity index (χ2v) is 5.01. The smallest absolute Gasteiger partial charge is 0.116 e. The van der Waals surface area contributed by atoms with Gasteiger partial charge in [0.25, 0.3) is 0 Å². The monoisotopic (exact) mass is 291 g/mol. The summed E-state index contributed by atoms with van der Waals surface area (Å²) in [5.41, 5.74) is 19.4. The zero-order valence-corrected chi connectivity index (χ0v) is 12.4. The molecule has 0 saturated carbocycles. The van der Waals surface area contributed by atoms with E-state index in [1.54, 1.807) is 0 Å². The van der Waals surface area contributed by atoms with Crippen LogP contribution in [-0.2, 0) is 5.66 Å². The molecule has 0 saturated heterocycles. The lowest BCUT2D eigenvalue weighted by molar-refractivity contribution is 0.567. The Balaban J connectivity index is 0.000000211. The van der Waals surface area contributed by atoms with E-state index in [2.05, 4.69) is 0 Å². The van der Waals surface area contributed by atoms with Crippen LogP contribution in [0, 0.1) is 0 Å². The molecular weight excluding hydrogens is 270 g/mol. The van der Waals surface area contributed by atoms with Crippen molar-refractivity contribution in [2.45, 2.75) is 5.66 Å². The van der Waals surface area contributed by atoms with Crippen LogP contribution >= 0.6 is 0 Å². The first-order chi connectivity index (χ1) is 10.6. The Bertz CT molecular complexity index is 623. The van der Waals surface area contributed by atoms with Crippen LogP contribution in [0.25, 0.3) is 0 Å². The van der Waals surface area contributed by atoms with E-state index in [1.165, 1.54) is 0 Å². The Morgan fingerprint density at radius 1 is 0.500 bits per heavy atom. The van der Waals surface area contributed by atoms with Gasteiger partial charge in [-0.15, -0.1) is 0 Å². The second-order valence-electron chi connectivity index (χ2n) is 5.01. The third kappa shape index (κ3) is 4.19. The maximum absolute atomic E-state index is 6.14. The quantitative estimate of drug-likeness (QED) is 0.501. The van der Waals surface area contributed by atoms with Gasteiger partial charge < -0.3 is 17.2 Å². The lowest BCUT2D eigenvalue weighted by Crippen LogP contribution is -2.46. The number of nitrogens with two attached hydrogens (primary N) is 3. The van der Waals surface area contributed by atoms with Crippen LogP contribution in [0.5, 0.6) is 0 Å². The van der Waals surface area contributed by atoms with Crippen LogP contribution in [-0.4, -0.2) is 0 Å². The van der Waals surface area contributed by atoms with Crippen molar-refractivity contribution in [2.75, 3.05) is 5.73 Å². The van der Waals surface area contributed by atoms with E-state index in [4.69, 9.17) is 17.2 Å². The Morgan fingerprint density at radius 3 is 1.09 bits per heavy atom. The molecule has 0 amide bonds. The molecular formula is C19H21N3. The van der Waals surface area contributed by atoms with E-state index in [-0.39, 0.29) is 0 Å². The first kappa shape index (κ1) is 15.8. The Morgan fingerprint density at radius 2 is 0.818 bits per heavy atom. The van der Waals surface area contributed by atoms with Crippen molar-refractivity contribution in [3.63, 3.8) is 0 Å². The SMILES string of the molecule is NC(N)(c1ccccc1)c1ccccc1.Nc1ccccc1. The van der Waals surface area contributed by atoms with E-state index in [0.29, 0.717) is 0 Å². The number of hydrogen-bond acceptors (Lipinski definition) is 3. The highest BCUT2D eigenvalue weighted by molar-refractivity contribution is 5.36. The molecule has 0 aliphatic rings. The molecule has 3 aromatic rings. The molecule has 0 aromatic heterocycles. The van der Waals surface area contributed by atoms with Gasteiger partial charge in [-0.25, -0.2) is 0 Å². The number of anilines is 1. The number of hydrogen-bond donors (Lipinski definition) is 3. The summed E-state index contributed by atoms with van der Waals surface area (Å²) in [4.78, 5) is 0. The fourth-order valence-electron chi connectivity index (χ4n) is 2.05. The zero-order chi connectivity index (χ0) is 15.8. The van der Waals surface area contributed by atoms with E-state index in [1.807, 2.05) is 91.0 Å². The lowest BCUT2D eigenvalue weighted by atomic mass is 9.93. The van der Waals surface area contributed by atoms with E-state index in [9.17, 15) is 0 Å². The molecule has 6 N–H and O–H groups in total. The maximum atomic E-state index is 6.14. The summed E-state index contributed by atoms with van der Waals surface area (Å²) in [5, 5.41) is 0. The van der Waals surface area contributed by atoms with Crippen molar-refractivity contribution in [3.8, 4) is 0 Å². The minimum atomic E-state index is -0.914. The maximum Gasteiger partial charge on any atom is 0.116 e. The first-order valence-electron chi connectivity index (χ1n) is 7.10. The number of nitrogen functional groups attached to an aromatic ring is 1. The van der Waals surface area contributed by atoms with Gasteiger partial charge in [-0.2, -0.15) is 0 Å². The van der Waals surface area contributed by atoms with E-state index < -0.39 is 5.66 Å². The van der Waals surface area contributed by atoms with Crippen molar-refractivity contribution < 1.29 is 0 Å². The summed E-state index contributed by atoms with van der Waals surface area (Å²) in [6, 6.07) is 28.9. The standard InChI is InChI=1S/C13H14N2.C6H7N/c14-13(15,11-7-3-1-4-8-11)12-9-5-2-6-10-12;7-6-4-2-1-3-5-6/h1-10H,14-15H2;1-5H,7H2. The van der Waals surface area contributed by atoms with Gasteiger partial charge in [-0.05, 0) is 23.3 Å². The van der Waals surface area contributed by atoms with E-state index >= 15 is 0 Å². The molecule has 0 heterocycles. The first-order valence-corrected chi connectivity index (χ1v) is 7.10. The van der Waals surface area contributed by atoms with Crippen LogP contribution < -0.4 is 17.2 Å². The molecule has 0 spiro atoms. The summed E-state index contributed by atoms with van der Waals surface area (Å²) in [6.07, 6.45) is 0. The number of rotatable bonds is 2. The lowest BCUT2D eigenvalue weighted by Gasteiger charge is -2.25. The minimum absolute atomic E-state index is 0.822. The largest absolute Gasteiger partial charge is 0.399 e. The molecule has 0 bridgehead atoms. The van der Waals surface area contributed by atoms with Crippen LogP contribution in [0.2, 0.25) is 0 Å². The normalized spacial score (nSPS) is 10.5.